The van der Waals surface area contributed by atoms with Gasteiger partial charge in [-0.15, -0.1) is 0 Å². The van der Waals surface area contributed by atoms with Crippen LogP contribution in [0.25, 0.3) is 0 Å². The highest BCUT2D eigenvalue weighted by Gasteiger charge is 2.26. The highest BCUT2D eigenvalue weighted by atomic mass is 32.2. The molecule has 2 N–H and O–H groups in total. The number of amides is 2. The number of sulfonamides is 1. The van der Waals surface area contributed by atoms with E-state index in [9.17, 15) is 18.0 Å². The van der Waals surface area contributed by atoms with Crippen LogP contribution in [0.5, 0.6) is 5.75 Å². The lowest BCUT2D eigenvalue weighted by molar-refractivity contribution is -0.116. The van der Waals surface area contributed by atoms with Gasteiger partial charge in [0.2, 0.25) is 15.9 Å². The first-order chi connectivity index (χ1) is 20.2. The van der Waals surface area contributed by atoms with E-state index in [1.54, 1.807) is 67.5 Å². The third-order valence-electron chi connectivity index (χ3n) is 7.35. The van der Waals surface area contributed by atoms with E-state index in [-0.39, 0.29) is 29.2 Å². The summed E-state index contributed by atoms with van der Waals surface area (Å²) in [6.45, 7) is 2.38. The maximum absolute atomic E-state index is 13.2. The number of hydrogen-bond acceptors (Lipinski definition) is 5. The van der Waals surface area contributed by atoms with Crippen LogP contribution in [0.1, 0.15) is 46.4 Å². The summed E-state index contributed by atoms with van der Waals surface area (Å²) in [6.07, 6.45) is 1.42. The first-order valence-corrected chi connectivity index (χ1v) is 15.3. The van der Waals surface area contributed by atoms with Gasteiger partial charge in [0.1, 0.15) is 5.75 Å². The second kappa shape index (κ2) is 12.6. The van der Waals surface area contributed by atoms with Gasteiger partial charge in [0.15, 0.2) is 0 Å². The Hall–Kier alpha value is -4.47. The van der Waals surface area contributed by atoms with E-state index in [0.717, 1.165) is 28.8 Å². The molecule has 0 aliphatic carbocycles. The Morgan fingerprint density at radius 3 is 2.33 bits per heavy atom. The van der Waals surface area contributed by atoms with Crippen LogP contribution >= 0.6 is 0 Å². The van der Waals surface area contributed by atoms with E-state index in [0.29, 0.717) is 30.0 Å². The molecule has 216 valence electrons. The van der Waals surface area contributed by atoms with Crippen LogP contribution in [0.15, 0.2) is 102 Å². The number of carbonyl (C=O) groups excluding carboxylic acids is 2. The van der Waals surface area contributed by atoms with Crippen LogP contribution in [0.2, 0.25) is 0 Å². The van der Waals surface area contributed by atoms with Crippen LogP contribution in [0.3, 0.4) is 0 Å². The van der Waals surface area contributed by atoms with E-state index in [2.05, 4.69) is 10.0 Å². The molecular formula is C33H33N3O5S. The summed E-state index contributed by atoms with van der Waals surface area (Å²) in [7, 11) is -2.11. The smallest absolute Gasteiger partial charge is 0.258 e. The molecule has 1 unspecified atom stereocenters. The Bertz CT molecular complexity index is 1670. The van der Waals surface area contributed by atoms with Gasteiger partial charge in [0.05, 0.1) is 12.0 Å². The fourth-order valence-electron chi connectivity index (χ4n) is 4.98. The van der Waals surface area contributed by atoms with Gasteiger partial charge < -0.3 is 15.0 Å². The summed E-state index contributed by atoms with van der Waals surface area (Å²) in [6, 6.07) is 28.2. The third kappa shape index (κ3) is 6.70. The molecule has 1 aliphatic rings. The average molecular weight is 584 g/mol. The van der Waals surface area contributed by atoms with Crippen molar-refractivity contribution in [3.63, 3.8) is 0 Å². The number of anilines is 2. The predicted molar refractivity (Wildman–Crippen MR) is 163 cm³/mol. The van der Waals surface area contributed by atoms with E-state index in [4.69, 9.17) is 4.74 Å². The molecule has 0 saturated carbocycles. The SMILES string of the molecule is COc1ccc(C(=O)N2CCc3ccc(NC(=O)CCc4ccc(S(=O)(=O)NC(C)c5ccccc5)cc4)cc32)cc1. The Balaban J connectivity index is 1.17. The molecule has 0 radical (unpaired) electrons. The minimum Gasteiger partial charge on any atom is -0.497 e. The maximum atomic E-state index is 13.2. The van der Waals surface area contributed by atoms with Crippen molar-refractivity contribution in [2.75, 3.05) is 23.9 Å². The minimum atomic E-state index is -3.70. The second-order valence-electron chi connectivity index (χ2n) is 10.2. The van der Waals surface area contributed by atoms with E-state index >= 15 is 0 Å². The Morgan fingerprint density at radius 1 is 0.929 bits per heavy atom. The molecular weight excluding hydrogens is 550 g/mol. The molecule has 0 aromatic heterocycles. The van der Waals surface area contributed by atoms with Gasteiger partial charge in [0.25, 0.3) is 5.91 Å². The molecule has 0 fully saturated rings. The first-order valence-electron chi connectivity index (χ1n) is 13.8. The molecule has 1 aliphatic heterocycles. The van der Waals surface area contributed by atoms with Crippen molar-refractivity contribution in [2.45, 2.75) is 37.1 Å². The standard InChI is InChI=1S/C33H33N3O5S/c1-23(25-6-4-3-5-7-25)35-42(39,40)30-17-8-24(9-18-30)10-19-32(37)34-28-14-11-26-20-21-36(31(26)22-28)33(38)27-12-15-29(41-2)16-13-27/h3-9,11-18,22-23,35H,10,19-21H2,1-2H3,(H,34,37). The average Bonchev–Trinajstić information content (AvgIpc) is 3.43. The van der Waals surface area contributed by atoms with Crippen molar-refractivity contribution in [1.29, 1.82) is 0 Å². The number of benzene rings is 4. The Labute approximate surface area is 246 Å². The van der Waals surface area contributed by atoms with E-state index in [1.807, 2.05) is 48.5 Å². The molecule has 4 aromatic carbocycles. The normalized spacial score (nSPS) is 13.3. The molecule has 5 rings (SSSR count). The maximum Gasteiger partial charge on any atom is 0.258 e. The summed E-state index contributed by atoms with van der Waals surface area (Å²) in [5, 5.41) is 2.93. The quantitative estimate of drug-likeness (QED) is 0.256. The van der Waals surface area contributed by atoms with Crippen molar-refractivity contribution in [3.8, 4) is 5.75 Å². The topological polar surface area (TPSA) is 105 Å². The van der Waals surface area contributed by atoms with Crippen LogP contribution in [0, 0.1) is 0 Å². The summed E-state index contributed by atoms with van der Waals surface area (Å²) >= 11 is 0. The largest absolute Gasteiger partial charge is 0.497 e. The molecule has 8 nitrogen and oxygen atoms in total. The molecule has 0 bridgehead atoms. The van der Waals surface area contributed by atoms with Gasteiger partial charge in [0, 0.05) is 35.9 Å². The fraction of sp³-hybridized carbons (Fsp3) is 0.212. The van der Waals surface area contributed by atoms with Crippen LogP contribution < -0.4 is 19.7 Å². The molecule has 1 heterocycles. The molecule has 42 heavy (non-hydrogen) atoms. The van der Waals surface area contributed by atoms with Crippen molar-refractivity contribution in [2.24, 2.45) is 0 Å². The van der Waals surface area contributed by atoms with Crippen molar-refractivity contribution >= 4 is 33.2 Å². The van der Waals surface area contributed by atoms with Gasteiger partial charge in [-0.25, -0.2) is 13.1 Å². The number of rotatable bonds is 10. The number of carbonyl (C=O) groups is 2. The van der Waals surface area contributed by atoms with Crippen molar-refractivity contribution in [1.82, 2.24) is 4.72 Å². The highest BCUT2D eigenvalue weighted by Crippen LogP contribution is 2.32. The second-order valence-corrected chi connectivity index (χ2v) is 11.9. The van der Waals surface area contributed by atoms with Gasteiger partial charge in [-0.05, 0) is 85.0 Å². The molecule has 0 saturated heterocycles. The van der Waals surface area contributed by atoms with Crippen LogP contribution in [-0.2, 0) is 27.7 Å². The number of fused-ring (bicyclic) bond motifs is 1. The summed E-state index contributed by atoms with van der Waals surface area (Å²) in [5.41, 5.74) is 4.76. The monoisotopic (exact) mass is 583 g/mol. The van der Waals surface area contributed by atoms with Gasteiger partial charge in [-0.3, -0.25) is 9.59 Å². The molecule has 9 heteroatoms. The third-order valence-corrected chi connectivity index (χ3v) is 8.91. The highest BCUT2D eigenvalue weighted by molar-refractivity contribution is 7.89. The lowest BCUT2D eigenvalue weighted by Crippen LogP contribution is -2.28. The van der Waals surface area contributed by atoms with Crippen molar-refractivity contribution < 1.29 is 22.7 Å². The molecule has 2 amide bonds. The Morgan fingerprint density at radius 2 is 1.64 bits per heavy atom. The Kier molecular flexibility index (Phi) is 8.70. The predicted octanol–water partition coefficient (Wildman–Crippen LogP) is 5.51. The summed E-state index contributed by atoms with van der Waals surface area (Å²) in [5.74, 6) is 0.413. The number of methoxy groups -OCH3 is 1. The zero-order chi connectivity index (χ0) is 29.7. The zero-order valence-corrected chi connectivity index (χ0v) is 24.4. The lowest BCUT2D eigenvalue weighted by Gasteiger charge is -2.18. The van der Waals surface area contributed by atoms with E-state index in [1.165, 1.54) is 0 Å². The van der Waals surface area contributed by atoms with Crippen LogP contribution in [0.4, 0.5) is 11.4 Å². The molecule has 4 aromatic rings. The summed E-state index contributed by atoms with van der Waals surface area (Å²) < 4.78 is 33.6. The number of nitrogens with zero attached hydrogens (tertiary/aromatic N) is 1. The molecule has 0 spiro atoms. The van der Waals surface area contributed by atoms with E-state index < -0.39 is 10.0 Å². The lowest BCUT2D eigenvalue weighted by atomic mass is 10.1. The molecule has 1 atom stereocenters. The van der Waals surface area contributed by atoms with Gasteiger partial charge >= 0.3 is 0 Å². The number of ether oxygens (including phenoxy) is 1. The number of aryl methyl sites for hydroxylation is 1. The van der Waals surface area contributed by atoms with Gasteiger partial charge in [-0.2, -0.15) is 0 Å². The fourth-order valence-corrected chi connectivity index (χ4v) is 6.22. The zero-order valence-electron chi connectivity index (χ0n) is 23.5. The number of nitrogens with one attached hydrogen (secondary N) is 2. The minimum absolute atomic E-state index is 0.102. The summed E-state index contributed by atoms with van der Waals surface area (Å²) in [4.78, 5) is 27.8. The first kappa shape index (κ1) is 29.0. The van der Waals surface area contributed by atoms with Crippen molar-refractivity contribution in [3.05, 3.63) is 119 Å². The van der Waals surface area contributed by atoms with Crippen LogP contribution in [-0.4, -0.2) is 33.9 Å². The number of hydrogen-bond donors (Lipinski definition) is 2. The van der Waals surface area contributed by atoms with Gasteiger partial charge in [-0.1, -0.05) is 48.5 Å².